The summed E-state index contributed by atoms with van der Waals surface area (Å²) in [4.78, 5) is 0. The quantitative estimate of drug-likeness (QED) is 0.386. The third-order valence-corrected chi connectivity index (χ3v) is 6.95. The SMILES string of the molecule is Nc1ccc([C@@H]2O[C@H](CO)[C@@H](O)[C@H](O)[C@H]2O)cc1Cc1ccc(C2(O)CCCCC2)cc1. The van der Waals surface area contributed by atoms with Crippen LogP contribution in [0.1, 0.15) is 60.5 Å². The van der Waals surface area contributed by atoms with Gasteiger partial charge in [0.1, 0.15) is 30.5 Å². The van der Waals surface area contributed by atoms with Gasteiger partial charge in [0.05, 0.1) is 12.2 Å². The molecule has 2 fully saturated rings. The van der Waals surface area contributed by atoms with Crippen LogP contribution in [0.5, 0.6) is 0 Å². The number of ether oxygens (including phenoxy) is 1. The molecule has 1 aliphatic carbocycles. The second kappa shape index (κ2) is 9.47. The Morgan fingerprint density at radius 2 is 1.59 bits per heavy atom. The summed E-state index contributed by atoms with van der Waals surface area (Å²) in [7, 11) is 0. The molecule has 1 heterocycles. The molecule has 32 heavy (non-hydrogen) atoms. The van der Waals surface area contributed by atoms with Gasteiger partial charge in [0.25, 0.3) is 0 Å². The maximum Gasteiger partial charge on any atom is 0.113 e. The Morgan fingerprint density at radius 3 is 2.25 bits per heavy atom. The van der Waals surface area contributed by atoms with Crippen molar-refractivity contribution in [3.05, 3.63) is 64.7 Å². The maximum absolute atomic E-state index is 10.9. The number of rotatable bonds is 5. The molecular weight excluding hydrogens is 410 g/mol. The molecule has 0 radical (unpaired) electrons. The zero-order valence-electron chi connectivity index (χ0n) is 18.1. The Hall–Kier alpha value is -2.00. The van der Waals surface area contributed by atoms with Gasteiger partial charge in [-0.15, -0.1) is 0 Å². The molecule has 2 aromatic carbocycles. The topological polar surface area (TPSA) is 136 Å². The molecule has 0 unspecified atom stereocenters. The number of anilines is 1. The van der Waals surface area contributed by atoms with Crippen molar-refractivity contribution >= 4 is 5.69 Å². The van der Waals surface area contributed by atoms with Crippen LogP contribution in [0, 0.1) is 0 Å². The van der Waals surface area contributed by atoms with Crippen LogP contribution in [0.2, 0.25) is 0 Å². The minimum Gasteiger partial charge on any atom is -0.398 e. The molecule has 0 amide bonds. The predicted octanol–water partition coefficient (Wildman–Crippen LogP) is 1.53. The zero-order valence-corrected chi connectivity index (χ0v) is 18.1. The van der Waals surface area contributed by atoms with Gasteiger partial charge in [-0.05, 0) is 47.6 Å². The highest BCUT2D eigenvalue weighted by molar-refractivity contribution is 5.51. The summed E-state index contributed by atoms with van der Waals surface area (Å²) in [5.41, 5.74) is 9.48. The molecule has 2 aliphatic rings. The summed E-state index contributed by atoms with van der Waals surface area (Å²) in [5, 5.41) is 50.9. The Bertz CT molecular complexity index is 909. The first-order chi connectivity index (χ1) is 15.3. The second-order valence-corrected chi connectivity index (χ2v) is 9.17. The Labute approximate surface area is 188 Å². The fourth-order valence-electron chi connectivity index (χ4n) is 4.91. The molecule has 0 bridgehead atoms. The molecule has 1 saturated carbocycles. The number of benzene rings is 2. The van der Waals surface area contributed by atoms with E-state index >= 15 is 0 Å². The van der Waals surface area contributed by atoms with Gasteiger partial charge in [0.15, 0.2) is 0 Å². The highest BCUT2D eigenvalue weighted by atomic mass is 16.5. The first-order valence-electron chi connectivity index (χ1n) is 11.3. The summed E-state index contributed by atoms with van der Waals surface area (Å²) in [6, 6.07) is 13.2. The minimum atomic E-state index is -1.43. The van der Waals surface area contributed by atoms with Gasteiger partial charge < -0.3 is 36.0 Å². The lowest BCUT2D eigenvalue weighted by Gasteiger charge is -2.40. The van der Waals surface area contributed by atoms with Crippen LogP contribution in [0.4, 0.5) is 5.69 Å². The molecule has 0 spiro atoms. The normalized spacial score (nSPS) is 30.2. The number of aliphatic hydroxyl groups excluding tert-OH is 4. The van der Waals surface area contributed by atoms with Crippen molar-refractivity contribution in [1.29, 1.82) is 0 Å². The lowest BCUT2D eigenvalue weighted by atomic mass is 9.79. The van der Waals surface area contributed by atoms with E-state index < -0.39 is 42.7 Å². The van der Waals surface area contributed by atoms with Gasteiger partial charge in [0.2, 0.25) is 0 Å². The molecule has 7 nitrogen and oxygen atoms in total. The number of hydrogen-bond acceptors (Lipinski definition) is 7. The third kappa shape index (κ3) is 4.55. The van der Waals surface area contributed by atoms with Gasteiger partial charge in [-0.1, -0.05) is 55.7 Å². The highest BCUT2D eigenvalue weighted by Gasteiger charge is 2.44. The molecule has 7 heteroatoms. The number of aliphatic hydroxyl groups is 5. The molecule has 4 rings (SSSR count). The number of nitrogen functional groups attached to an aromatic ring is 1. The van der Waals surface area contributed by atoms with E-state index in [0.29, 0.717) is 17.7 Å². The molecule has 174 valence electrons. The predicted molar refractivity (Wildman–Crippen MR) is 120 cm³/mol. The van der Waals surface area contributed by atoms with E-state index in [1.807, 2.05) is 30.3 Å². The molecular formula is C25H33NO6. The van der Waals surface area contributed by atoms with Crippen LogP contribution in [-0.2, 0) is 16.8 Å². The standard InChI is InChI=1S/C25H33NO6/c26-19-9-6-16(24-23(30)22(29)21(28)20(14-27)32-24)13-17(19)12-15-4-7-18(8-5-15)25(31)10-2-1-3-11-25/h4-9,13,20-24,27-31H,1-3,10-12,14,26H2/t20-,21-,22+,23-,24+/m1/s1. The van der Waals surface area contributed by atoms with Crippen LogP contribution in [-0.4, -0.2) is 56.6 Å². The maximum atomic E-state index is 10.9. The van der Waals surface area contributed by atoms with Crippen molar-refractivity contribution in [2.24, 2.45) is 0 Å². The van der Waals surface area contributed by atoms with Crippen LogP contribution >= 0.6 is 0 Å². The highest BCUT2D eigenvalue weighted by Crippen LogP contribution is 2.37. The molecule has 5 atom stereocenters. The van der Waals surface area contributed by atoms with Crippen molar-refractivity contribution in [3.63, 3.8) is 0 Å². The Morgan fingerprint density at radius 1 is 0.906 bits per heavy atom. The Balaban J connectivity index is 1.53. The van der Waals surface area contributed by atoms with Gasteiger partial charge in [0, 0.05) is 5.69 Å². The van der Waals surface area contributed by atoms with Crippen LogP contribution < -0.4 is 5.73 Å². The van der Waals surface area contributed by atoms with Gasteiger partial charge in [-0.3, -0.25) is 0 Å². The second-order valence-electron chi connectivity index (χ2n) is 9.17. The minimum absolute atomic E-state index is 0.470. The summed E-state index contributed by atoms with van der Waals surface area (Å²) in [6.45, 7) is -0.470. The van der Waals surface area contributed by atoms with Crippen molar-refractivity contribution < 1.29 is 30.3 Å². The Kier molecular flexibility index (Phi) is 6.86. The molecule has 1 aliphatic heterocycles. The van der Waals surface area contributed by atoms with Crippen LogP contribution in [0.25, 0.3) is 0 Å². The number of nitrogens with two attached hydrogens (primary N) is 1. The summed E-state index contributed by atoms with van der Waals surface area (Å²) >= 11 is 0. The van der Waals surface area contributed by atoms with Crippen LogP contribution in [0.15, 0.2) is 42.5 Å². The van der Waals surface area contributed by atoms with Crippen molar-refractivity contribution in [2.45, 2.75) is 74.6 Å². The lowest BCUT2D eigenvalue weighted by Crippen LogP contribution is -2.55. The van der Waals surface area contributed by atoms with Crippen molar-refractivity contribution in [1.82, 2.24) is 0 Å². The van der Waals surface area contributed by atoms with E-state index in [2.05, 4.69) is 0 Å². The molecule has 2 aromatic rings. The van der Waals surface area contributed by atoms with Gasteiger partial charge >= 0.3 is 0 Å². The molecule has 0 aromatic heterocycles. The van der Waals surface area contributed by atoms with Crippen molar-refractivity contribution in [2.75, 3.05) is 12.3 Å². The average Bonchev–Trinajstić information content (AvgIpc) is 2.80. The zero-order chi connectivity index (χ0) is 22.9. The first kappa shape index (κ1) is 23.2. The van der Waals surface area contributed by atoms with E-state index in [4.69, 9.17) is 10.5 Å². The van der Waals surface area contributed by atoms with E-state index in [9.17, 15) is 25.5 Å². The number of hydrogen-bond donors (Lipinski definition) is 6. The van der Waals surface area contributed by atoms with E-state index in [0.717, 1.165) is 42.4 Å². The van der Waals surface area contributed by atoms with Crippen LogP contribution in [0.3, 0.4) is 0 Å². The van der Waals surface area contributed by atoms with Crippen molar-refractivity contribution in [3.8, 4) is 0 Å². The monoisotopic (exact) mass is 443 g/mol. The molecule has 1 saturated heterocycles. The molecule has 7 N–H and O–H groups in total. The van der Waals surface area contributed by atoms with Gasteiger partial charge in [-0.2, -0.15) is 0 Å². The summed E-state index contributed by atoms with van der Waals surface area (Å²) in [5.74, 6) is 0. The summed E-state index contributed by atoms with van der Waals surface area (Å²) < 4.78 is 5.68. The van der Waals surface area contributed by atoms with E-state index in [-0.39, 0.29) is 0 Å². The first-order valence-corrected chi connectivity index (χ1v) is 11.3. The smallest absolute Gasteiger partial charge is 0.113 e. The lowest BCUT2D eigenvalue weighted by molar-refractivity contribution is -0.231. The largest absolute Gasteiger partial charge is 0.398 e. The van der Waals surface area contributed by atoms with E-state index in [1.165, 1.54) is 6.42 Å². The third-order valence-electron chi connectivity index (χ3n) is 6.95. The van der Waals surface area contributed by atoms with E-state index in [1.54, 1.807) is 12.1 Å². The fourth-order valence-corrected chi connectivity index (χ4v) is 4.91. The fraction of sp³-hybridized carbons (Fsp3) is 0.520. The average molecular weight is 444 g/mol. The van der Waals surface area contributed by atoms with Gasteiger partial charge in [-0.25, -0.2) is 0 Å². The summed E-state index contributed by atoms with van der Waals surface area (Å²) in [6.07, 6.45) is -0.618.